The quantitative estimate of drug-likeness (QED) is 0.734. The summed E-state index contributed by atoms with van der Waals surface area (Å²) in [5, 5.41) is 7.56. The first-order valence-electron chi connectivity index (χ1n) is 5.62. The molecule has 6 nitrogen and oxygen atoms in total. The lowest BCUT2D eigenvalue weighted by Crippen LogP contribution is -2.23. The molecule has 0 atom stereocenters. The van der Waals surface area contributed by atoms with E-state index in [4.69, 9.17) is 6.15 Å². The maximum absolute atomic E-state index is 11.4. The van der Waals surface area contributed by atoms with Gasteiger partial charge in [-0.2, -0.15) is 0 Å². The number of carbonyl (C=O) groups is 2. The summed E-state index contributed by atoms with van der Waals surface area (Å²) < 4.78 is 10.6. The maximum Gasteiger partial charge on any atom is 0.412 e. The topological polar surface area (TPSA) is 91.3 Å². The number of benzene rings is 1. The smallest absolute Gasteiger partial charge is 0.410 e. The Balaban J connectivity index is 0.000000982. The normalized spacial score (nSPS) is 9.11. The molecule has 18 heavy (non-hydrogen) atoms. The van der Waals surface area contributed by atoms with Gasteiger partial charge in [0.2, 0.25) is 0 Å². The van der Waals surface area contributed by atoms with Crippen LogP contribution in [0.4, 0.5) is 4.79 Å². The standard InChI is InChI=1S/C11H14N2O3.H2NP/c1-3-13-10(14)8-4-6-9(7-5-8)16-11(15)12-2;1-2/h4-7H,3H2,1-2H3,(H,12,15)(H,13,14);1-2H/i/hD. The van der Waals surface area contributed by atoms with Crippen LogP contribution in [-0.4, -0.2) is 25.6 Å². The summed E-state index contributed by atoms with van der Waals surface area (Å²) in [6.45, 7) is 2.43. The van der Waals surface area contributed by atoms with Gasteiger partial charge in [0, 0.05) is 19.2 Å². The van der Waals surface area contributed by atoms with Crippen LogP contribution in [0.1, 0.15) is 17.3 Å². The van der Waals surface area contributed by atoms with E-state index in [1.807, 2.05) is 6.92 Å². The molecule has 0 saturated carbocycles. The van der Waals surface area contributed by atoms with Gasteiger partial charge in [-0.1, -0.05) is 0 Å². The number of amides is 2. The lowest BCUT2D eigenvalue weighted by Gasteiger charge is -2.05. The molecule has 98 valence electrons. The van der Waals surface area contributed by atoms with E-state index < -0.39 is 6.09 Å². The zero-order valence-electron chi connectivity index (χ0n) is 11.2. The van der Waals surface area contributed by atoms with E-state index in [9.17, 15) is 9.59 Å². The highest BCUT2D eigenvalue weighted by Gasteiger charge is 2.05. The zero-order chi connectivity index (χ0) is 14.7. The minimum atomic E-state index is -0.536. The minimum Gasteiger partial charge on any atom is -0.410 e. The third kappa shape index (κ3) is 5.41. The monoisotopic (exact) mass is 270 g/mol. The van der Waals surface area contributed by atoms with Gasteiger partial charge >= 0.3 is 6.09 Å². The van der Waals surface area contributed by atoms with Crippen LogP contribution in [-0.2, 0) is 0 Å². The number of rotatable bonds is 3. The summed E-state index contributed by atoms with van der Waals surface area (Å²) >= 11 is 0. The van der Waals surface area contributed by atoms with Crippen LogP contribution in [0.15, 0.2) is 24.3 Å². The van der Waals surface area contributed by atoms with Crippen LogP contribution in [0.5, 0.6) is 5.75 Å². The Hall–Kier alpha value is -1.94. The highest BCUT2D eigenvalue weighted by Crippen LogP contribution is 2.12. The van der Waals surface area contributed by atoms with Crippen LogP contribution in [0.2, 0.25) is 1.41 Å². The maximum atomic E-state index is 11.4. The van der Waals surface area contributed by atoms with E-state index in [1.165, 1.54) is 7.05 Å². The van der Waals surface area contributed by atoms with Crippen molar-refractivity contribution >= 4 is 21.0 Å². The molecule has 2 amide bonds. The number of carbonyl (C=O) groups excluding carboxylic acids is 2. The highest BCUT2D eigenvalue weighted by molar-refractivity contribution is 7.02. The molecular formula is C11H16N3O3P. The molecule has 0 aliphatic carbocycles. The second-order valence-corrected chi connectivity index (χ2v) is 3.02. The lowest BCUT2D eigenvalue weighted by atomic mass is 10.2. The molecule has 0 unspecified atom stereocenters. The van der Waals surface area contributed by atoms with Crippen molar-refractivity contribution in [3.8, 4) is 5.75 Å². The number of ether oxygens (including phenoxy) is 1. The summed E-state index contributed by atoms with van der Waals surface area (Å²) in [6, 6.07) is 6.34. The van der Waals surface area contributed by atoms with Gasteiger partial charge in [0.15, 0.2) is 1.41 Å². The van der Waals surface area contributed by atoms with Crippen LogP contribution < -0.4 is 15.4 Å². The predicted molar refractivity (Wildman–Crippen MR) is 70.6 cm³/mol. The Kier molecular flexibility index (Phi) is 7.16. The van der Waals surface area contributed by atoms with Crippen molar-refractivity contribution in [3.63, 3.8) is 0 Å². The fraction of sp³-hybridized carbons (Fsp3) is 0.273. The number of hydrogen-bond acceptors (Lipinski definition) is 4. The van der Waals surface area contributed by atoms with Crippen molar-refractivity contribution in [2.45, 2.75) is 6.92 Å². The summed E-state index contributed by atoms with van der Waals surface area (Å²) in [5.74, 6) is 0.251. The van der Waals surface area contributed by atoms with Gasteiger partial charge < -0.3 is 15.4 Å². The first-order valence-corrected chi connectivity index (χ1v) is 5.62. The average Bonchev–Trinajstić information content (AvgIpc) is 2.40. The van der Waals surface area contributed by atoms with Crippen molar-refractivity contribution in [2.24, 2.45) is 0 Å². The first-order chi connectivity index (χ1) is 9.08. The van der Waals surface area contributed by atoms with E-state index in [-0.39, 0.29) is 5.91 Å². The molecule has 0 aromatic heterocycles. The molecule has 7 heteroatoms. The molecule has 1 rings (SSSR count). The van der Waals surface area contributed by atoms with Crippen molar-refractivity contribution in [1.29, 1.82) is 5.15 Å². The second-order valence-electron chi connectivity index (χ2n) is 3.02. The molecular weight excluding hydrogens is 253 g/mol. The molecule has 0 spiro atoms. The van der Waals surface area contributed by atoms with Gasteiger partial charge in [-0.25, -0.2) is 4.79 Å². The largest absolute Gasteiger partial charge is 0.412 e. The van der Waals surface area contributed by atoms with Crippen LogP contribution in [0.25, 0.3) is 0 Å². The number of hydrogen-bond donors (Lipinski definition) is 3. The molecule has 3 N–H and O–H groups in total. The van der Waals surface area contributed by atoms with E-state index in [1.54, 1.807) is 24.3 Å². The molecule has 0 saturated heterocycles. The van der Waals surface area contributed by atoms with Gasteiger partial charge in [0.25, 0.3) is 5.91 Å². The summed E-state index contributed by atoms with van der Waals surface area (Å²) in [7, 11) is 3.95. The zero-order valence-corrected chi connectivity index (χ0v) is 11.2. The van der Waals surface area contributed by atoms with Crippen LogP contribution in [0, 0.1) is 5.15 Å². The van der Waals surface area contributed by atoms with E-state index >= 15 is 0 Å². The van der Waals surface area contributed by atoms with Crippen molar-refractivity contribution < 1.29 is 15.7 Å². The minimum absolute atomic E-state index is 0.144. The van der Waals surface area contributed by atoms with Crippen molar-refractivity contribution in [2.75, 3.05) is 13.6 Å². The van der Waals surface area contributed by atoms with Gasteiger partial charge in [-0.15, -0.1) is 0 Å². The Morgan fingerprint density at radius 2 is 2.00 bits per heavy atom. The molecule has 0 fully saturated rings. The van der Waals surface area contributed by atoms with Crippen molar-refractivity contribution in [1.82, 2.24) is 10.6 Å². The Labute approximate surface area is 109 Å². The SMILES string of the molecule is CCNC(=O)c1ccc(OC(=O)NC)cc1.[2H]N=P. The predicted octanol–water partition coefficient (Wildman–Crippen LogP) is 2.05. The highest BCUT2D eigenvalue weighted by atomic mass is 31.0. The van der Waals surface area contributed by atoms with Gasteiger partial charge in [-0.05, 0) is 40.2 Å². The molecule has 0 bridgehead atoms. The molecule has 0 heterocycles. The fourth-order valence-corrected chi connectivity index (χ4v) is 1.10. The first kappa shape index (κ1) is 14.1. The number of nitrogens with one attached hydrogen (secondary N) is 3. The second kappa shape index (κ2) is 9.13. The van der Waals surface area contributed by atoms with E-state index in [0.717, 1.165) is 0 Å². The lowest BCUT2D eigenvalue weighted by molar-refractivity contribution is 0.0956. The van der Waals surface area contributed by atoms with Gasteiger partial charge in [0.1, 0.15) is 5.75 Å². The summed E-state index contributed by atoms with van der Waals surface area (Å²) in [4.78, 5) is 22.3. The Morgan fingerprint density at radius 1 is 1.44 bits per heavy atom. The van der Waals surface area contributed by atoms with Gasteiger partial charge in [-0.3, -0.25) is 9.95 Å². The molecule has 0 aliphatic rings. The Bertz CT molecular complexity index is 426. The van der Waals surface area contributed by atoms with Gasteiger partial charge in [0.05, 0.1) is 0 Å². The molecule has 1 aromatic rings. The summed E-state index contributed by atoms with van der Waals surface area (Å²) in [6.07, 6.45) is -0.536. The molecule has 1 aromatic carbocycles. The van der Waals surface area contributed by atoms with Crippen molar-refractivity contribution in [3.05, 3.63) is 29.8 Å². The fourth-order valence-electron chi connectivity index (χ4n) is 1.10. The van der Waals surface area contributed by atoms with Crippen LogP contribution >= 0.6 is 9.03 Å². The molecule has 0 aliphatic heterocycles. The third-order valence-corrected chi connectivity index (χ3v) is 1.87. The third-order valence-electron chi connectivity index (χ3n) is 1.87. The van der Waals surface area contributed by atoms with Crippen LogP contribution in [0.3, 0.4) is 0 Å². The summed E-state index contributed by atoms with van der Waals surface area (Å²) in [5.41, 5.74) is 0.533. The van der Waals surface area contributed by atoms with E-state index in [0.29, 0.717) is 17.9 Å². The Morgan fingerprint density at radius 3 is 2.44 bits per heavy atom. The average molecular weight is 270 g/mol. The molecule has 0 radical (unpaired) electrons. The van der Waals surface area contributed by atoms with E-state index in [2.05, 4.69) is 24.8 Å².